The molecule has 2 aromatic heterocycles. The number of carbonyl (C=O) groups excluding carboxylic acids is 1. The molecule has 6 nitrogen and oxygen atoms in total. The Hall–Kier alpha value is -2.37. The minimum atomic E-state index is -0.690. The predicted octanol–water partition coefficient (Wildman–Crippen LogP) is 2.63. The van der Waals surface area contributed by atoms with E-state index >= 15 is 0 Å². The molecule has 0 spiro atoms. The van der Waals surface area contributed by atoms with Crippen LogP contribution in [-0.2, 0) is 0 Å². The highest BCUT2D eigenvalue weighted by Gasteiger charge is 2.21. The number of furan rings is 2. The van der Waals surface area contributed by atoms with Crippen LogP contribution in [-0.4, -0.2) is 10.7 Å². The largest absolute Gasteiger partial charge is 0.466 e. The van der Waals surface area contributed by atoms with Gasteiger partial charge in [0, 0.05) is 0 Å². The van der Waals surface area contributed by atoms with E-state index in [1.165, 1.54) is 6.07 Å². The summed E-state index contributed by atoms with van der Waals surface area (Å²) in [6.45, 7) is 3.37. The molecule has 6 heteroatoms. The van der Waals surface area contributed by atoms with Gasteiger partial charge in [-0.05, 0) is 26.0 Å². The molecule has 2 rings (SSSR count). The quantitative estimate of drug-likeness (QED) is 0.463. The summed E-state index contributed by atoms with van der Waals surface area (Å²) in [6, 6.07) is 4.00. The Morgan fingerprint density at radius 2 is 2.00 bits per heavy atom. The Bertz CT molecular complexity index is 593. The lowest BCUT2D eigenvalue weighted by molar-refractivity contribution is -0.402. The van der Waals surface area contributed by atoms with Crippen molar-refractivity contribution in [2.24, 2.45) is 0 Å². The molecule has 0 aliphatic rings. The van der Waals surface area contributed by atoms with Gasteiger partial charge in [-0.3, -0.25) is 14.9 Å². The van der Waals surface area contributed by atoms with Crippen LogP contribution in [0.15, 0.2) is 27.0 Å². The van der Waals surface area contributed by atoms with Crippen molar-refractivity contribution < 1.29 is 18.6 Å². The molecule has 2 aromatic rings. The predicted molar refractivity (Wildman–Crippen MR) is 57.0 cm³/mol. The zero-order valence-electron chi connectivity index (χ0n) is 9.22. The Morgan fingerprint density at radius 1 is 1.29 bits per heavy atom. The Balaban J connectivity index is 2.37. The Labute approximate surface area is 96.0 Å². The molecule has 0 saturated carbocycles. The van der Waals surface area contributed by atoms with Crippen molar-refractivity contribution in [3.8, 4) is 0 Å². The minimum absolute atomic E-state index is 0.0689. The fourth-order valence-electron chi connectivity index (χ4n) is 1.54. The molecule has 0 aromatic carbocycles. The van der Waals surface area contributed by atoms with Crippen LogP contribution in [0.25, 0.3) is 0 Å². The summed E-state index contributed by atoms with van der Waals surface area (Å²) in [4.78, 5) is 21.7. The number of rotatable bonds is 3. The van der Waals surface area contributed by atoms with Gasteiger partial charge in [0.25, 0.3) is 0 Å². The van der Waals surface area contributed by atoms with Crippen LogP contribution in [0.2, 0.25) is 0 Å². The molecular formula is C11H9NO5. The first-order valence-corrected chi connectivity index (χ1v) is 4.85. The zero-order chi connectivity index (χ0) is 12.6. The SMILES string of the molecule is Cc1cc(C(=O)c2ccc([N+](=O)[O-])o2)c(C)o1. The van der Waals surface area contributed by atoms with E-state index in [1.54, 1.807) is 19.9 Å². The molecule has 0 fully saturated rings. The average Bonchev–Trinajstić information content (AvgIpc) is 2.84. The summed E-state index contributed by atoms with van der Waals surface area (Å²) in [5.74, 6) is 0.123. The first-order chi connectivity index (χ1) is 7.99. The molecule has 0 atom stereocenters. The molecule has 0 aliphatic heterocycles. The van der Waals surface area contributed by atoms with Gasteiger partial charge in [0.15, 0.2) is 5.76 Å². The molecule has 0 aliphatic carbocycles. The number of hydrogen-bond donors (Lipinski definition) is 0. The summed E-state index contributed by atoms with van der Waals surface area (Å²) < 4.78 is 10.1. The van der Waals surface area contributed by atoms with E-state index in [9.17, 15) is 14.9 Å². The monoisotopic (exact) mass is 235 g/mol. The van der Waals surface area contributed by atoms with Crippen molar-refractivity contribution >= 4 is 11.7 Å². The maximum absolute atomic E-state index is 11.9. The second-order valence-corrected chi connectivity index (χ2v) is 3.55. The number of nitro groups is 1. The molecular weight excluding hydrogens is 226 g/mol. The van der Waals surface area contributed by atoms with Gasteiger partial charge in [-0.15, -0.1) is 0 Å². The number of hydrogen-bond acceptors (Lipinski definition) is 5. The summed E-state index contributed by atoms with van der Waals surface area (Å²) in [5, 5.41) is 10.4. The summed E-state index contributed by atoms with van der Waals surface area (Å²) in [6.07, 6.45) is 0. The maximum atomic E-state index is 11.9. The van der Waals surface area contributed by atoms with E-state index in [-0.39, 0.29) is 5.76 Å². The van der Waals surface area contributed by atoms with E-state index < -0.39 is 16.6 Å². The smallest absolute Gasteiger partial charge is 0.433 e. The molecule has 17 heavy (non-hydrogen) atoms. The molecule has 0 saturated heterocycles. The van der Waals surface area contributed by atoms with E-state index in [4.69, 9.17) is 8.83 Å². The third-order valence-corrected chi connectivity index (χ3v) is 2.28. The maximum Gasteiger partial charge on any atom is 0.433 e. The van der Waals surface area contributed by atoms with Crippen LogP contribution in [0.3, 0.4) is 0 Å². The van der Waals surface area contributed by atoms with Crippen molar-refractivity contribution in [3.05, 3.63) is 51.2 Å². The van der Waals surface area contributed by atoms with Gasteiger partial charge < -0.3 is 8.83 Å². The van der Waals surface area contributed by atoms with Gasteiger partial charge in [0.2, 0.25) is 5.78 Å². The van der Waals surface area contributed by atoms with Crippen LogP contribution in [0.5, 0.6) is 0 Å². The van der Waals surface area contributed by atoms with E-state index in [0.717, 1.165) is 6.07 Å². The first kappa shape index (κ1) is 11.1. The number of ketones is 1. The van der Waals surface area contributed by atoms with Gasteiger partial charge in [-0.1, -0.05) is 0 Å². The van der Waals surface area contributed by atoms with Crippen molar-refractivity contribution in [1.29, 1.82) is 0 Å². The lowest BCUT2D eigenvalue weighted by Gasteiger charge is -1.93. The summed E-state index contributed by atoms with van der Waals surface area (Å²) in [7, 11) is 0. The van der Waals surface area contributed by atoms with Gasteiger partial charge >= 0.3 is 5.88 Å². The lowest BCUT2D eigenvalue weighted by Crippen LogP contribution is -1.99. The van der Waals surface area contributed by atoms with E-state index in [2.05, 4.69) is 0 Å². The van der Waals surface area contributed by atoms with Crippen LogP contribution < -0.4 is 0 Å². The van der Waals surface area contributed by atoms with Crippen molar-refractivity contribution in [2.75, 3.05) is 0 Å². The van der Waals surface area contributed by atoms with Crippen LogP contribution in [0.1, 0.15) is 27.6 Å². The van der Waals surface area contributed by atoms with Gasteiger partial charge in [0.1, 0.15) is 16.4 Å². The van der Waals surface area contributed by atoms with Crippen LogP contribution >= 0.6 is 0 Å². The molecule has 0 bridgehead atoms. The summed E-state index contributed by atoms with van der Waals surface area (Å²) in [5.41, 5.74) is 0.353. The molecule has 88 valence electrons. The zero-order valence-corrected chi connectivity index (χ0v) is 9.22. The standard InChI is InChI=1S/C11H9NO5/c1-6-5-8(7(2)16-6)11(13)9-3-4-10(17-9)12(14)15/h3-5H,1-2H3. The fraction of sp³-hybridized carbons (Fsp3) is 0.182. The van der Waals surface area contributed by atoms with Gasteiger partial charge in [-0.25, -0.2) is 0 Å². The molecule has 2 heterocycles. The third kappa shape index (κ3) is 1.96. The fourth-order valence-corrected chi connectivity index (χ4v) is 1.54. The van der Waals surface area contributed by atoms with Crippen molar-refractivity contribution in [2.45, 2.75) is 13.8 Å². The molecule has 0 unspecified atom stereocenters. The number of aryl methyl sites for hydroxylation is 2. The minimum Gasteiger partial charge on any atom is -0.466 e. The Morgan fingerprint density at radius 3 is 2.47 bits per heavy atom. The van der Waals surface area contributed by atoms with Crippen molar-refractivity contribution in [1.82, 2.24) is 0 Å². The van der Waals surface area contributed by atoms with Crippen LogP contribution in [0.4, 0.5) is 5.88 Å². The highest BCUT2D eigenvalue weighted by Crippen LogP contribution is 2.22. The normalized spacial score (nSPS) is 10.5. The highest BCUT2D eigenvalue weighted by molar-refractivity contribution is 6.08. The highest BCUT2D eigenvalue weighted by atomic mass is 16.6. The topological polar surface area (TPSA) is 86.5 Å². The second kappa shape index (κ2) is 3.89. The van der Waals surface area contributed by atoms with Crippen LogP contribution in [0, 0.1) is 24.0 Å². The molecule has 0 amide bonds. The van der Waals surface area contributed by atoms with Gasteiger partial charge in [0.05, 0.1) is 11.6 Å². The molecule has 0 N–H and O–H groups in total. The number of carbonyl (C=O) groups is 1. The molecule has 0 radical (unpaired) electrons. The second-order valence-electron chi connectivity index (χ2n) is 3.55. The summed E-state index contributed by atoms with van der Waals surface area (Å²) >= 11 is 0. The van der Waals surface area contributed by atoms with Gasteiger partial charge in [-0.2, -0.15) is 0 Å². The first-order valence-electron chi connectivity index (χ1n) is 4.85. The third-order valence-electron chi connectivity index (χ3n) is 2.28. The average molecular weight is 235 g/mol. The lowest BCUT2D eigenvalue weighted by atomic mass is 10.1. The Kier molecular flexibility index (Phi) is 2.55. The van der Waals surface area contributed by atoms with E-state index in [1.807, 2.05) is 0 Å². The van der Waals surface area contributed by atoms with E-state index in [0.29, 0.717) is 17.1 Å². The van der Waals surface area contributed by atoms with Crippen molar-refractivity contribution in [3.63, 3.8) is 0 Å². The number of nitrogens with zero attached hydrogens (tertiary/aromatic N) is 1.